The molecule has 16 rings (SSSR count). The van der Waals surface area contributed by atoms with Gasteiger partial charge in [-0.15, -0.1) is 59.7 Å². The van der Waals surface area contributed by atoms with E-state index in [2.05, 4.69) is 148 Å². The van der Waals surface area contributed by atoms with Crippen LogP contribution in [0.15, 0.2) is 107 Å². The SMILES string of the molecule is C#Cc1cn(CCCCNc2cccc3c2CN(C2CCC(=O)NC2=O)C3=O)nn1.Cc1c(C#Cc2cn(CCCCNc3cccc4c3CN(C3CCC(=O)NC3=O)C4=O)nn2)sc2c1C(c1ccc(Cl)cc1)=NCc1nnc(C)n1-2.Cc1c(I)sc2c1C(c1ccc(Cl)cc1)=NCc1nnc(C)n1-2.S=S=S=S=S=S=S=S=S.S=S=S=S=S=S=S=S=S=S=S=S=S=S=S=S=S=S.[HH]. The molecule has 2 fully saturated rings. The monoisotopic (exact) mass is 2460 g/mol. The van der Waals surface area contributed by atoms with E-state index in [0.717, 1.165) is 138 Å². The van der Waals surface area contributed by atoms with Crippen LogP contribution in [0.2, 0.25) is 10.0 Å². The summed E-state index contributed by atoms with van der Waals surface area (Å²) in [6.07, 6.45) is 13.6. The molecule has 2 unspecified atom stereocenters. The molecule has 696 valence electrons. The number of hydrogen-bond donors (Lipinski definition) is 4. The number of aromatic nitrogens is 12. The quantitative estimate of drug-likeness (QED) is 0.0302. The predicted octanol–water partition coefficient (Wildman–Crippen LogP) is 10.2. The molecule has 6 aliphatic rings. The van der Waals surface area contributed by atoms with Crippen molar-refractivity contribution in [3.8, 4) is 34.2 Å². The highest BCUT2D eigenvalue weighted by Gasteiger charge is 2.42. The lowest BCUT2D eigenvalue weighted by atomic mass is 10.00. The van der Waals surface area contributed by atoms with Crippen LogP contribution in [0.5, 0.6) is 0 Å². The number of unbranched alkanes of at least 4 members (excludes halogenated alkanes) is 2. The van der Waals surface area contributed by atoms with Crippen LogP contribution in [0, 0.1) is 54.8 Å². The van der Waals surface area contributed by atoms with Crippen molar-refractivity contribution in [1.29, 1.82) is 0 Å². The number of aryl methyl sites for hydroxylation is 4. The minimum absolute atomic E-state index is 0. The fourth-order valence-electron chi connectivity index (χ4n) is 13.7. The molecule has 0 aliphatic carbocycles. The number of benzene rings is 4. The van der Waals surface area contributed by atoms with Gasteiger partial charge in [-0.3, -0.25) is 67.9 Å². The Labute approximate surface area is 877 Å². The number of carbonyl (C=O) groups excluding carboxylic acids is 6. The molecule has 4 aromatic carbocycles. The van der Waals surface area contributed by atoms with Gasteiger partial charge in [-0.05, 0) is 166 Å². The molecule has 58 heteroatoms. The first-order valence-electron chi connectivity index (χ1n) is 38.2. The molecular weight excluding hydrogens is 2390 g/mol. The van der Waals surface area contributed by atoms with Gasteiger partial charge in [-0.25, -0.2) is 0 Å². The molecule has 4 N–H and O–H groups in total. The van der Waals surface area contributed by atoms with Crippen molar-refractivity contribution in [2.24, 2.45) is 9.98 Å². The van der Waals surface area contributed by atoms with Crippen LogP contribution >= 0.6 is 68.5 Å². The first-order valence-corrected chi connectivity index (χ1v) is 75.0. The van der Waals surface area contributed by atoms with E-state index >= 15 is 0 Å². The van der Waals surface area contributed by atoms with Crippen LogP contribution in [0.25, 0.3) is 10.0 Å². The Kier molecular flexibility index (Phi) is 44.6. The number of hydrogen-bond acceptors (Lipinski definition) is 24. The van der Waals surface area contributed by atoms with Gasteiger partial charge in [0.25, 0.3) is 11.8 Å². The van der Waals surface area contributed by atoms with Crippen LogP contribution < -0.4 is 21.3 Å². The summed E-state index contributed by atoms with van der Waals surface area (Å²) in [6, 6.07) is 25.5. The molecule has 10 aromatic rings. The molecule has 6 aromatic heterocycles. The number of nitrogens with zero attached hydrogens (tertiary/aromatic N) is 16. The highest BCUT2D eigenvalue weighted by Crippen LogP contribution is 2.40. The molecule has 0 radical (unpaired) electrons. The molecule has 132 heavy (non-hydrogen) atoms. The minimum Gasteiger partial charge on any atom is -0.385 e. The van der Waals surface area contributed by atoms with Gasteiger partial charge in [-0.1, -0.05) is 70.0 Å². The largest absolute Gasteiger partial charge is 0.385 e. The Morgan fingerprint density at radius 3 is 1.30 bits per heavy atom. The summed E-state index contributed by atoms with van der Waals surface area (Å²) in [4.78, 5) is 87.4. The number of anilines is 2. The van der Waals surface area contributed by atoms with Crippen LogP contribution in [-0.4, -0.2) is 141 Å². The van der Waals surface area contributed by atoms with Gasteiger partial charge < -0.3 is 20.4 Å². The van der Waals surface area contributed by atoms with E-state index in [9.17, 15) is 28.8 Å². The second kappa shape index (κ2) is 55.4. The van der Waals surface area contributed by atoms with Crippen LogP contribution in [0.4, 0.5) is 11.4 Å². The Bertz CT molecular complexity index is 7440. The van der Waals surface area contributed by atoms with Crippen molar-refractivity contribution in [1.82, 2.24) is 80.0 Å². The zero-order chi connectivity index (χ0) is 93.4. The molecule has 6 amide bonds. The van der Waals surface area contributed by atoms with Crippen LogP contribution in [0.3, 0.4) is 0 Å². The molecular formula is C74H69Cl2IN20O6S29. The maximum Gasteiger partial charge on any atom is 0.255 e. The lowest BCUT2D eigenvalue weighted by Crippen LogP contribution is -2.52. The van der Waals surface area contributed by atoms with Gasteiger partial charge in [-0.2, -0.15) is 0 Å². The van der Waals surface area contributed by atoms with Gasteiger partial charge >= 0.3 is 0 Å². The molecule has 2 atom stereocenters. The van der Waals surface area contributed by atoms with Crippen molar-refractivity contribution in [3.63, 3.8) is 0 Å². The average molecular weight is 2460 g/mol. The minimum atomic E-state index is -0.637. The molecule has 12 heterocycles. The molecule has 26 nitrogen and oxygen atoms in total. The van der Waals surface area contributed by atoms with E-state index in [1.54, 1.807) is 229 Å². The number of fused-ring (bicyclic) bond motifs is 8. The van der Waals surface area contributed by atoms with Crippen molar-refractivity contribution in [2.75, 3.05) is 23.7 Å². The highest BCUT2D eigenvalue weighted by atomic mass is 127. The van der Waals surface area contributed by atoms with Gasteiger partial charge in [0.05, 0.1) is 31.6 Å². The van der Waals surface area contributed by atoms with E-state index in [1.165, 1.54) is 49.5 Å². The second-order valence-electron chi connectivity index (χ2n) is 27.2. The third-order valence-electron chi connectivity index (χ3n) is 19.4. The third-order valence-corrected chi connectivity index (χ3v) is 70.3. The van der Waals surface area contributed by atoms with E-state index in [1.807, 2.05) is 92.8 Å². The Balaban J connectivity index is 0.000000178. The van der Waals surface area contributed by atoms with Crippen molar-refractivity contribution < 1.29 is 30.2 Å². The summed E-state index contributed by atoms with van der Waals surface area (Å²) in [5.41, 5.74) is 14.2. The Morgan fingerprint density at radius 2 is 0.894 bits per heavy atom. The van der Waals surface area contributed by atoms with Gasteiger partial charge in [0.15, 0.2) is 23.0 Å². The summed E-state index contributed by atoms with van der Waals surface area (Å²) >= 11 is 36.7. The first-order chi connectivity index (χ1) is 64.2. The zero-order valence-corrected chi connectivity index (χ0v) is 95.7. The predicted molar refractivity (Wildman–Crippen MR) is 607 cm³/mol. The molecule has 0 saturated carbocycles. The van der Waals surface area contributed by atoms with E-state index < -0.39 is 23.9 Å². The highest BCUT2D eigenvalue weighted by molar-refractivity contribution is 14.1. The molecule has 0 spiro atoms. The average Bonchev–Trinajstić information content (AvgIpc) is 1.62. The van der Waals surface area contributed by atoms with E-state index in [4.69, 9.17) is 62.0 Å². The standard InChI is InChI=1S/C37H33ClN10O3S.C21H22N6O3.C16H12ClIN4S.S18.S9.H2/c1-21-30(52-37-33(21)34(23-8-10-24(38)11-9-23)40-18-31-44-42-22(2)48(31)37)14-12-25-19-46(45-43-25)17-4-3-16-39-28-7-5-6-26-27(28)20-47(36(26)51)29-13-15-32(49)41-35(29)50;1-2-14-12-26(25-24-14)11-4-3-10-22-17-7-5-6-15-16(17)13-27(21(15)30)18-8-9-19(28)23-20(18)29;1-8-13-14(10-3-5-11(17)6-4-10)19-7-12-21-20-9(2)22(12)16(13)23-15(8)18;1-3-5-7-9-11-13-15-17-18-16-14-12-10-8-6-4-2;1-3-5-7-9-8-6-4-2;/h5-11,19,29,39H,3-4,13,15-18,20H2,1-2H3,(H,41,49,50);1,5-7,12,18,22H,3-4,8-11,13H2,(H,23,28,29);3-6H,7H2,1-2H3;;;1H. The number of nitrogens with one attached hydrogen (secondary N) is 4. The summed E-state index contributed by atoms with van der Waals surface area (Å²) in [5.74, 6) is 10.6. The van der Waals surface area contributed by atoms with E-state index in [0.29, 0.717) is 79.6 Å². The molecule has 2 saturated heterocycles. The number of rotatable bonds is 16. The number of amides is 6. The second-order valence-corrected chi connectivity index (χ2v) is 72.6. The van der Waals surface area contributed by atoms with Crippen molar-refractivity contribution in [3.05, 3.63) is 205 Å². The number of terminal acetylenes is 1. The maximum atomic E-state index is 13.1. The first kappa shape index (κ1) is 106. The fourth-order valence-corrected chi connectivity index (χ4v) is 69.3. The van der Waals surface area contributed by atoms with Gasteiger partial charge in [0, 0.05) is 368 Å². The molecule has 6 aliphatic heterocycles. The summed E-state index contributed by atoms with van der Waals surface area (Å²) in [7, 11) is 38.1. The molecule has 0 bridgehead atoms. The van der Waals surface area contributed by atoms with Crippen LogP contribution in [-0.2, 0) is 307 Å². The number of aliphatic imine (C=N–C) groups is 2. The number of halogens is 3. The van der Waals surface area contributed by atoms with Crippen molar-refractivity contribution >= 4 is 376 Å². The number of carbonyl (C=O) groups is 6. The summed E-state index contributed by atoms with van der Waals surface area (Å²) in [5, 5.41) is 48.7. The maximum absolute atomic E-state index is 13.1. The Hall–Kier alpha value is -4.63. The van der Waals surface area contributed by atoms with E-state index in [-0.39, 0.29) is 37.9 Å². The number of piperidine rings is 2. The summed E-state index contributed by atoms with van der Waals surface area (Å²) < 4.78 is 8.98. The fraction of sp³-hybridized carbons (Fsp3) is 0.297. The number of imide groups is 2. The smallest absolute Gasteiger partial charge is 0.255 e. The normalized spacial score (nSPS) is 14.3. The van der Waals surface area contributed by atoms with Gasteiger partial charge in [0.1, 0.15) is 46.8 Å². The third kappa shape index (κ3) is 29.7. The zero-order valence-electron chi connectivity index (χ0n) is 68.4. The topological polar surface area (TPSA) is 305 Å². The Morgan fingerprint density at radius 1 is 0.500 bits per heavy atom. The lowest BCUT2D eigenvalue weighted by molar-refractivity contribution is -0.138. The van der Waals surface area contributed by atoms with Crippen molar-refractivity contribution in [2.45, 2.75) is 130 Å². The summed E-state index contributed by atoms with van der Waals surface area (Å²) in [6.45, 7) is 12.6. The lowest BCUT2D eigenvalue weighted by Gasteiger charge is -2.29. The van der Waals surface area contributed by atoms with Gasteiger partial charge in [0.2, 0.25) is 23.6 Å². The van der Waals surface area contributed by atoms with Crippen LogP contribution in [0.1, 0.15) is 158 Å². The number of thiophene rings is 2.